The van der Waals surface area contributed by atoms with Crippen LogP contribution in [0.5, 0.6) is 0 Å². The van der Waals surface area contributed by atoms with Crippen LogP contribution in [0.3, 0.4) is 0 Å². The first-order chi connectivity index (χ1) is 12.4. The van der Waals surface area contributed by atoms with Crippen molar-refractivity contribution in [1.29, 1.82) is 0 Å². The Morgan fingerprint density at radius 2 is 1.81 bits per heavy atom. The van der Waals surface area contributed by atoms with Crippen molar-refractivity contribution in [1.82, 2.24) is 0 Å². The molecule has 8 nitrogen and oxygen atoms in total. The first-order valence-electron chi connectivity index (χ1n) is 7.89. The van der Waals surface area contributed by atoms with Crippen LogP contribution >= 0.6 is 11.8 Å². The Bertz CT molecular complexity index is 775. The predicted molar refractivity (Wildman–Crippen MR) is 95.0 cm³/mol. The Morgan fingerprint density at radius 1 is 1.08 bits per heavy atom. The number of nitrogens with one attached hydrogen (secondary N) is 1. The number of hydrogen-bond acceptors (Lipinski definition) is 8. The Hall–Kier alpha value is -2.17. The van der Waals surface area contributed by atoms with Gasteiger partial charge in [0.1, 0.15) is 18.3 Å². The smallest absolute Gasteiger partial charge is 0.272 e. The summed E-state index contributed by atoms with van der Waals surface area (Å²) in [5.41, 5.74) is 0.254. The van der Waals surface area contributed by atoms with Crippen molar-refractivity contribution in [2.45, 2.75) is 34.3 Å². The lowest BCUT2D eigenvalue weighted by molar-refractivity contribution is -0.385. The van der Waals surface area contributed by atoms with Crippen LogP contribution in [0, 0.1) is 10.1 Å². The largest absolute Gasteiger partial charge is 0.388 e. The van der Waals surface area contributed by atoms with Gasteiger partial charge in [-0.1, -0.05) is 30.0 Å². The van der Waals surface area contributed by atoms with E-state index in [0.29, 0.717) is 10.6 Å². The zero-order valence-electron chi connectivity index (χ0n) is 13.6. The van der Waals surface area contributed by atoms with Gasteiger partial charge in [0.25, 0.3) is 5.69 Å². The molecule has 1 fully saturated rings. The number of anilines is 1. The number of non-ortho nitro benzene ring substituents is 1. The third kappa shape index (κ3) is 4.32. The minimum atomic E-state index is -1.37. The van der Waals surface area contributed by atoms with E-state index in [1.54, 1.807) is 6.07 Å². The van der Waals surface area contributed by atoms with Crippen molar-refractivity contribution in [3.8, 4) is 0 Å². The molecule has 9 heteroatoms. The molecule has 1 heterocycles. The number of aliphatic hydroxyl groups is 3. The summed E-state index contributed by atoms with van der Waals surface area (Å²) in [6.45, 7) is -0.156. The van der Waals surface area contributed by atoms with Gasteiger partial charge in [-0.2, -0.15) is 0 Å². The molecular formula is C17H18N2O6S. The molecule has 0 saturated carbocycles. The van der Waals surface area contributed by atoms with Gasteiger partial charge in [0.2, 0.25) is 0 Å². The first kappa shape index (κ1) is 18.6. The molecule has 138 valence electrons. The molecule has 2 aromatic rings. The standard InChI is InChI=1S/C17H18N2O6S/c20-14-9-25-17(16(22)15(14)21)18-10-6-11(19(23)24)8-13(7-10)26-12-4-2-1-3-5-12/h1-8,14-18,20-22H,9H2/t14-,15-,16+,17-/m1/s1. The molecule has 1 aliphatic heterocycles. The molecule has 0 spiro atoms. The lowest BCUT2D eigenvalue weighted by atomic mass is 10.0. The van der Waals surface area contributed by atoms with E-state index in [1.807, 2.05) is 30.3 Å². The van der Waals surface area contributed by atoms with E-state index in [1.165, 1.54) is 23.9 Å². The molecule has 26 heavy (non-hydrogen) atoms. The van der Waals surface area contributed by atoms with Crippen molar-refractivity contribution in [3.05, 3.63) is 58.6 Å². The van der Waals surface area contributed by atoms with Crippen molar-refractivity contribution >= 4 is 23.1 Å². The fraction of sp³-hybridized carbons (Fsp3) is 0.294. The molecule has 1 aliphatic rings. The van der Waals surface area contributed by atoms with E-state index in [0.717, 1.165) is 4.90 Å². The van der Waals surface area contributed by atoms with Gasteiger partial charge in [0, 0.05) is 27.6 Å². The SMILES string of the molecule is O=[N+]([O-])c1cc(N[C@@H]2OC[C@@H](O)[C@@H](O)[C@@H]2O)cc(Sc2ccccc2)c1. The van der Waals surface area contributed by atoms with Gasteiger partial charge in [-0.3, -0.25) is 10.1 Å². The van der Waals surface area contributed by atoms with Crippen LogP contribution in [0.15, 0.2) is 58.3 Å². The summed E-state index contributed by atoms with van der Waals surface area (Å²) < 4.78 is 5.29. The van der Waals surface area contributed by atoms with Crippen LogP contribution in [0.1, 0.15) is 0 Å². The van der Waals surface area contributed by atoms with Crippen LogP contribution in [-0.4, -0.2) is 51.4 Å². The Morgan fingerprint density at radius 3 is 2.50 bits per heavy atom. The summed E-state index contributed by atoms with van der Waals surface area (Å²) in [6.07, 6.45) is -4.91. The fourth-order valence-corrected chi connectivity index (χ4v) is 3.48. The number of nitrogens with zero attached hydrogens (tertiary/aromatic N) is 1. The Balaban J connectivity index is 1.83. The fourth-order valence-electron chi connectivity index (χ4n) is 2.55. The highest BCUT2D eigenvalue weighted by atomic mass is 32.2. The molecule has 4 N–H and O–H groups in total. The minimum Gasteiger partial charge on any atom is -0.388 e. The van der Waals surface area contributed by atoms with Gasteiger partial charge >= 0.3 is 0 Å². The highest BCUT2D eigenvalue weighted by molar-refractivity contribution is 7.99. The number of rotatable bonds is 5. The maximum Gasteiger partial charge on any atom is 0.272 e. The topological polar surface area (TPSA) is 125 Å². The second kappa shape index (κ2) is 8.02. The van der Waals surface area contributed by atoms with E-state index >= 15 is 0 Å². The van der Waals surface area contributed by atoms with Crippen molar-refractivity contribution in [2.75, 3.05) is 11.9 Å². The first-order valence-corrected chi connectivity index (χ1v) is 8.70. The second-order valence-corrected chi connectivity index (χ2v) is 6.98. The van der Waals surface area contributed by atoms with Gasteiger partial charge in [0.05, 0.1) is 11.5 Å². The quantitative estimate of drug-likeness (QED) is 0.457. The highest BCUT2D eigenvalue weighted by Gasteiger charge is 2.37. The second-order valence-electron chi connectivity index (χ2n) is 5.83. The molecule has 1 saturated heterocycles. The lowest BCUT2D eigenvalue weighted by Crippen LogP contribution is -2.55. The van der Waals surface area contributed by atoms with Gasteiger partial charge in [-0.05, 0) is 18.2 Å². The molecule has 2 aromatic carbocycles. The summed E-state index contributed by atoms with van der Waals surface area (Å²) >= 11 is 1.36. The van der Waals surface area contributed by atoms with E-state index in [-0.39, 0.29) is 12.3 Å². The third-order valence-corrected chi connectivity index (χ3v) is 4.87. The number of ether oxygens (including phenoxy) is 1. The van der Waals surface area contributed by atoms with Crippen LogP contribution in [-0.2, 0) is 4.74 Å². The highest BCUT2D eigenvalue weighted by Crippen LogP contribution is 2.33. The number of nitro benzene ring substituents is 1. The Kier molecular flexibility index (Phi) is 5.74. The van der Waals surface area contributed by atoms with Gasteiger partial charge in [0.15, 0.2) is 6.23 Å². The van der Waals surface area contributed by atoms with Crippen LogP contribution in [0.2, 0.25) is 0 Å². The number of hydrogen-bond donors (Lipinski definition) is 4. The number of benzene rings is 2. The lowest BCUT2D eigenvalue weighted by Gasteiger charge is -2.35. The molecule has 4 atom stereocenters. The molecule has 0 aliphatic carbocycles. The molecular weight excluding hydrogens is 360 g/mol. The van der Waals surface area contributed by atoms with Gasteiger partial charge in [-0.15, -0.1) is 0 Å². The van der Waals surface area contributed by atoms with Crippen LogP contribution < -0.4 is 5.32 Å². The molecule has 3 rings (SSSR count). The van der Waals surface area contributed by atoms with E-state index in [4.69, 9.17) is 4.74 Å². The van der Waals surface area contributed by atoms with Crippen LogP contribution in [0.4, 0.5) is 11.4 Å². The molecule has 0 amide bonds. The zero-order chi connectivity index (χ0) is 18.7. The monoisotopic (exact) mass is 378 g/mol. The van der Waals surface area contributed by atoms with Gasteiger partial charge < -0.3 is 25.4 Å². The number of aliphatic hydroxyl groups excluding tert-OH is 3. The third-order valence-electron chi connectivity index (χ3n) is 3.89. The van der Waals surface area contributed by atoms with E-state index < -0.39 is 29.5 Å². The minimum absolute atomic E-state index is 0.112. The average molecular weight is 378 g/mol. The summed E-state index contributed by atoms with van der Waals surface area (Å²) in [7, 11) is 0. The maximum atomic E-state index is 11.2. The maximum absolute atomic E-state index is 11.2. The number of nitro groups is 1. The average Bonchev–Trinajstić information content (AvgIpc) is 2.63. The molecule has 0 unspecified atom stereocenters. The van der Waals surface area contributed by atoms with E-state index in [9.17, 15) is 25.4 Å². The molecule has 0 radical (unpaired) electrons. The summed E-state index contributed by atoms with van der Waals surface area (Å²) in [4.78, 5) is 12.3. The molecule has 0 aromatic heterocycles. The normalized spacial score (nSPS) is 25.7. The van der Waals surface area contributed by atoms with Crippen molar-refractivity contribution < 1.29 is 25.0 Å². The van der Waals surface area contributed by atoms with Crippen molar-refractivity contribution in [3.63, 3.8) is 0 Å². The molecule has 0 bridgehead atoms. The van der Waals surface area contributed by atoms with Gasteiger partial charge in [-0.25, -0.2) is 0 Å². The Labute approximate surface area is 153 Å². The van der Waals surface area contributed by atoms with Crippen LogP contribution in [0.25, 0.3) is 0 Å². The van der Waals surface area contributed by atoms with Crippen molar-refractivity contribution in [2.24, 2.45) is 0 Å². The summed E-state index contributed by atoms with van der Waals surface area (Å²) in [6, 6.07) is 13.9. The van der Waals surface area contributed by atoms with E-state index in [2.05, 4.69) is 5.32 Å². The summed E-state index contributed by atoms with van der Waals surface area (Å²) in [5, 5.41) is 43.3. The summed E-state index contributed by atoms with van der Waals surface area (Å²) in [5.74, 6) is 0. The predicted octanol–water partition coefficient (Wildman–Crippen LogP) is 1.60. The zero-order valence-corrected chi connectivity index (χ0v) is 14.4.